The topological polar surface area (TPSA) is 54.9 Å². The molecule has 3 rings (SSSR count). The van der Waals surface area contributed by atoms with E-state index in [0.717, 1.165) is 40.3 Å². The molecule has 0 saturated heterocycles. The fourth-order valence-corrected chi connectivity index (χ4v) is 3.02. The Labute approximate surface area is 116 Å². The molecule has 1 aromatic carbocycles. The molecular formula is C12H14ClN3OS. The van der Waals surface area contributed by atoms with Gasteiger partial charge < -0.3 is 22.9 Å². The predicted molar refractivity (Wildman–Crippen MR) is 68.1 cm³/mol. The molecule has 0 atom stereocenters. The Morgan fingerprint density at radius 2 is 2.06 bits per heavy atom. The first-order valence-corrected chi connectivity index (χ1v) is 6.46. The van der Waals surface area contributed by atoms with Crippen LogP contribution in [-0.2, 0) is 6.54 Å². The molecule has 0 unspecified atom stereocenters. The molecule has 1 aliphatic heterocycles. The SMILES string of the molecule is COc1ccc(-c2[nH]c3[n+](c2N)CCS3)cc1.[Cl-]. The highest BCUT2D eigenvalue weighted by molar-refractivity contribution is 7.99. The second kappa shape index (κ2) is 5.12. The first-order valence-electron chi connectivity index (χ1n) is 5.48. The summed E-state index contributed by atoms with van der Waals surface area (Å²) in [6.07, 6.45) is 0. The number of aromatic nitrogens is 2. The van der Waals surface area contributed by atoms with Gasteiger partial charge in [-0.2, -0.15) is 0 Å². The van der Waals surface area contributed by atoms with E-state index >= 15 is 0 Å². The van der Waals surface area contributed by atoms with Crippen LogP contribution in [0.3, 0.4) is 0 Å². The summed E-state index contributed by atoms with van der Waals surface area (Å²) in [7, 11) is 1.67. The molecule has 0 aliphatic carbocycles. The third-order valence-corrected chi connectivity index (χ3v) is 3.94. The Morgan fingerprint density at radius 1 is 1.33 bits per heavy atom. The second-order valence-electron chi connectivity index (χ2n) is 3.92. The minimum Gasteiger partial charge on any atom is -1.00 e. The number of aromatic amines is 1. The summed E-state index contributed by atoms with van der Waals surface area (Å²) >= 11 is 1.81. The molecule has 1 aliphatic rings. The Balaban J connectivity index is 0.00000120. The van der Waals surface area contributed by atoms with Gasteiger partial charge in [-0.1, -0.05) is 11.8 Å². The molecule has 96 valence electrons. The normalized spacial score (nSPS) is 12.9. The fourth-order valence-electron chi connectivity index (χ4n) is 2.03. The summed E-state index contributed by atoms with van der Waals surface area (Å²) in [6.45, 7) is 0.985. The van der Waals surface area contributed by atoms with Crippen LogP contribution >= 0.6 is 11.8 Å². The van der Waals surface area contributed by atoms with Crippen molar-refractivity contribution in [2.75, 3.05) is 18.6 Å². The van der Waals surface area contributed by atoms with E-state index in [2.05, 4.69) is 9.55 Å². The van der Waals surface area contributed by atoms with Gasteiger partial charge in [-0.3, -0.25) is 4.98 Å². The summed E-state index contributed by atoms with van der Waals surface area (Å²) in [5, 5.41) is 1.15. The quantitative estimate of drug-likeness (QED) is 0.672. The van der Waals surface area contributed by atoms with Crippen molar-refractivity contribution in [1.29, 1.82) is 0 Å². The monoisotopic (exact) mass is 283 g/mol. The van der Waals surface area contributed by atoms with Crippen LogP contribution in [0.1, 0.15) is 0 Å². The molecule has 2 heterocycles. The molecule has 0 amide bonds. The van der Waals surface area contributed by atoms with Crippen molar-refractivity contribution >= 4 is 17.6 Å². The zero-order valence-corrected chi connectivity index (χ0v) is 11.5. The number of ether oxygens (including phenoxy) is 1. The number of hydrogen-bond donors (Lipinski definition) is 2. The summed E-state index contributed by atoms with van der Waals surface area (Å²) in [5.74, 6) is 2.77. The lowest BCUT2D eigenvalue weighted by Crippen LogP contribution is -3.00. The van der Waals surface area contributed by atoms with Crippen LogP contribution in [0.15, 0.2) is 29.4 Å². The first kappa shape index (κ1) is 13.1. The molecule has 4 nitrogen and oxygen atoms in total. The number of benzene rings is 1. The third kappa shape index (κ3) is 2.04. The van der Waals surface area contributed by atoms with Crippen molar-refractivity contribution in [1.82, 2.24) is 4.98 Å². The summed E-state index contributed by atoms with van der Waals surface area (Å²) in [5.41, 5.74) is 8.23. The van der Waals surface area contributed by atoms with Crippen LogP contribution in [0.25, 0.3) is 11.3 Å². The van der Waals surface area contributed by atoms with Gasteiger partial charge in [-0.15, -0.1) is 0 Å². The lowest BCUT2D eigenvalue weighted by Gasteiger charge is -2.00. The molecule has 1 aromatic heterocycles. The Bertz CT molecular complexity index is 553. The van der Waals surface area contributed by atoms with Crippen molar-refractivity contribution in [3.63, 3.8) is 0 Å². The minimum atomic E-state index is 0. The number of nitrogens with two attached hydrogens (primary N) is 1. The maximum atomic E-state index is 6.14. The lowest BCUT2D eigenvalue weighted by molar-refractivity contribution is -0.708. The van der Waals surface area contributed by atoms with Gasteiger partial charge in [0.1, 0.15) is 5.75 Å². The van der Waals surface area contributed by atoms with E-state index < -0.39 is 0 Å². The zero-order valence-electron chi connectivity index (χ0n) is 9.94. The first-order chi connectivity index (χ1) is 8.29. The van der Waals surface area contributed by atoms with E-state index in [1.54, 1.807) is 7.11 Å². The van der Waals surface area contributed by atoms with Crippen LogP contribution in [0, 0.1) is 0 Å². The predicted octanol–water partition coefficient (Wildman–Crippen LogP) is -1.33. The smallest absolute Gasteiger partial charge is 0.263 e. The van der Waals surface area contributed by atoms with E-state index in [0.29, 0.717) is 0 Å². The number of halogens is 1. The molecule has 0 spiro atoms. The lowest BCUT2D eigenvalue weighted by atomic mass is 10.1. The number of hydrogen-bond acceptors (Lipinski definition) is 3. The number of anilines is 1. The molecule has 6 heteroatoms. The van der Waals surface area contributed by atoms with E-state index in [-0.39, 0.29) is 12.4 Å². The highest BCUT2D eigenvalue weighted by Crippen LogP contribution is 2.29. The van der Waals surface area contributed by atoms with Crippen molar-refractivity contribution in [3.8, 4) is 17.0 Å². The largest absolute Gasteiger partial charge is 1.00 e. The van der Waals surface area contributed by atoms with Gasteiger partial charge in [0.15, 0.2) is 5.69 Å². The van der Waals surface area contributed by atoms with Crippen molar-refractivity contribution in [3.05, 3.63) is 24.3 Å². The highest BCUT2D eigenvalue weighted by Gasteiger charge is 2.26. The van der Waals surface area contributed by atoms with E-state index in [9.17, 15) is 0 Å². The third-order valence-electron chi connectivity index (χ3n) is 2.96. The molecule has 18 heavy (non-hydrogen) atoms. The molecule has 0 fully saturated rings. The molecule has 2 aromatic rings. The molecular weight excluding hydrogens is 270 g/mol. The van der Waals surface area contributed by atoms with E-state index in [1.165, 1.54) is 0 Å². The van der Waals surface area contributed by atoms with E-state index in [4.69, 9.17) is 10.5 Å². The van der Waals surface area contributed by atoms with Gasteiger partial charge in [-0.25, -0.2) is 4.57 Å². The number of thioether (sulfide) groups is 1. The number of nitrogen functional groups attached to an aromatic ring is 1. The minimum absolute atomic E-state index is 0. The Kier molecular flexibility index (Phi) is 3.73. The second-order valence-corrected chi connectivity index (χ2v) is 5.00. The van der Waals surface area contributed by atoms with Gasteiger partial charge in [-0.05, 0) is 24.3 Å². The average Bonchev–Trinajstić information content (AvgIpc) is 2.93. The average molecular weight is 284 g/mol. The van der Waals surface area contributed by atoms with Crippen LogP contribution < -0.4 is 27.4 Å². The molecule has 0 saturated carbocycles. The van der Waals surface area contributed by atoms with Crippen LogP contribution in [0.2, 0.25) is 0 Å². The number of nitrogens with one attached hydrogen (secondary N) is 1. The van der Waals surface area contributed by atoms with Gasteiger partial charge in [0.05, 0.1) is 13.7 Å². The van der Waals surface area contributed by atoms with Crippen molar-refractivity contribution < 1.29 is 21.7 Å². The zero-order chi connectivity index (χ0) is 11.8. The number of nitrogens with zero attached hydrogens (tertiary/aromatic N) is 1. The molecule has 0 radical (unpaired) electrons. The number of H-pyrrole nitrogens is 1. The fraction of sp³-hybridized carbons (Fsp3) is 0.250. The summed E-state index contributed by atoms with van der Waals surface area (Å²) < 4.78 is 7.27. The van der Waals surface area contributed by atoms with Crippen molar-refractivity contribution in [2.45, 2.75) is 11.7 Å². The maximum absolute atomic E-state index is 6.14. The van der Waals surface area contributed by atoms with Gasteiger partial charge in [0, 0.05) is 11.3 Å². The summed E-state index contributed by atoms with van der Waals surface area (Å²) in [4.78, 5) is 3.38. The van der Waals surface area contributed by atoms with Gasteiger partial charge in [0.2, 0.25) is 0 Å². The van der Waals surface area contributed by atoms with Gasteiger partial charge in [0.25, 0.3) is 11.0 Å². The molecule has 0 bridgehead atoms. The van der Waals surface area contributed by atoms with Crippen LogP contribution in [0.4, 0.5) is 5.82 Å². The summed E-state index contributed by atoms with van der Waals surface area (Å²) in [6, 6.07) is 7.92. The number of fused-ring (bicyclic) bond motifs is 1. The van der Waals surface area contributed by atoms with E-state index in [1.807, 2.05) is 36.0 Å². The standard InChI is InChI=1S/C12H13N3OS.ClH/c1-16-9-4-2-8(3-5-9)10-11(13)15-6-7-17-12(15)14-10;/h2-5H,6-7,13H2,1H3;1H. The number of imidazole rings is 1. The Hall–Kier alpha value is -1.33. The van der Waals surface area contributed by atoms with Gasteiger partial charge >= 0.3 is 0 Å². The number of methoxy groups -OCH3 is 1. The van der Waals surface area contributed by atoms with Crippen LogP contribution in [0.5, 0.6) is 5.75 Å². The number of rotatable bonds is 2. The van der Waals surface area contributed by atoms with Crippen molar-refractivity contribution in [2.24, 2.45) is 0 Å². The van der Waals surface area contributed by atoms with Crippen LogP contribution in [-0.4, -0.2) is 17.8 Å². The maximum Gasteiger partial charge on any atom is 0.263 e. The highest BCUT2D eigenvalue weighted by atomic mass is 35.5. The Morgan fingerprint density at radius 3 is 2.67 bits per heavy atom. The molecule has 3 N–H and O–H groups in total.